The van der Waals surface area contributed by atoms with Crippen molar-refractivity contribution >= 4 is 29.1 Å². The number of hydrogen-bond donors (Lipinski definition) is 2. The quantitative estimate of drug-likeness (QED) is 0.524. The van der Waals surface area contributed by atoms with Crippen LogP contribution in [-0.4, -0.2) is 29.7 Å². The second kappa shape index (κ2) is 8.34. The molecule has 0 saturated heterocycles. The standard InChI is InChI=1S/C22H28ClN3O3/c1-14(25-26-21(28)13-29-19-4-2-18(23)3-5-19)6-20(27)24-22-10-15-7-16(11-22)9-17(8-15)12-22/h2-5,15-17H,6-13H2,1H3,(H,24,27)(H,26,28)/b25-14+. The summed E-state index contributed by atoms with van der Waals surface area (Å²) in [5.41, 5.74) is 3.02. The van der Waals surface area contributed by atoms with Crippen LogP contribution in [0.25, 0.3) is 0 Å². The fraction of sp³-hybridized carbons (Fsp3) is 0.591. The van der Waals surface area contributed by atoms with E-state index < -0.39 is 0 Å². The van der Waals surface area contributed by atoms with Crippen molar-refractivity contribution in [1.82, 2.24) is 10.7 Å². The lowest BCUT2D eigenvalue weighted by molar-refractivity contribution is -0.126. The molecule has 0 heterocycles. The first-order valence-electron chi connectivity index (χ1n) is 10.4. The van der Waals surface area contributed by atoms with Gasteiger partial charge in [-0.3, -0.25) is 9.59 Å². The van der Waals surface area contributed by atoms with Crippen LogP contribution in [0, 0.1) is 17.8 Å². The van der Waals surface area contributed by atoms with Crippen LogP contribution >= 0.6 is 11.6 Å². The number of carbonyl (C=O) groups is 2. The van der Waals surface area contributed by atoms with E-state index in [9.17, 15) is 9.59 Å². The molecule has 4 saturated carbocycles. The van der Waals surface area contributed by atoms with Crippen LogP contribution in [0.4, 0.5) is 0 Å². The second-order valence-corrected chi connectivity index (χ2v) is 9.48. The Kier molecular flexibility index (Phi) is 5.81. The minimum atomic E-state index is -0.374. The van der Waals surface area contributed by atoms with Crippen molar-refractivity contribution in [2.45, 2.75) is 57.4 Å². The van der Waals surface area contributed by atoms with Crippen molar-refractivity contribution in [2.24, 2.45) is 22.9 Å². The number of halogens is 1. The maximum Gasteiger partial charge on any atom is 0.277 e. The summed E-state index contributed by atoms with van der Waals surface area (Å²) in [4.78, 5) is 24.5. The summed E-state index contributed by atoms with van der Waals surface area (Å²) < 4.78 is 5.38. The number of nitrogens with one attached hydrogen (secondary N) is 2. The van der Waals surface area contributed by atoms with Gasteiger partial charge >= 0.3 is 0 Å². The van der Waals surface area contributed by atoms with E-state index in [2.05, 4.69) is 15.8 Å². The summed E-state index contributed by atoms with van der Waals surface area (Å²) in [7, 11) is 0. The van der Waals surface area contributed by atoms with Crippen molar-refractivity contribution < 1.29 is 14.3 Å². The van der Waals surface area contributed by atoms with Gasteiger partial charge in [-0.25, -0.2) is 5.43 Å². The van der Waals surface area contributed by atoms with Gasteiger partial charge in [0.05, 0.1) is 6.42 Å². The van der Waals surface area contributed by atoms with E-state index in [0.717, 1.165) is 37.0 Å². The van der Waals surface area contributed by atoms with Gasteiger partial charge in [-0.05, 0) is 87.5 Å². The van der Waals surface area contributed by atoms with E-state index in [-0.39, 0.29) is 30.4 Å². The van der Waals surface area contributed by atoms with E-state index in [0.29, 0.717) is 16.5 Å². The van der Waals surface area contributed by atoms with Crippen molar-refractivity contribution in [3.63, 3.8) is 0 Å². The molecule has 4 aliphatic rings. The zero-order chi connectivity index (χ0) is 20.4. The average molecular weight is 418 g/mol. The molecule has 5 rings (SSSR count). The van der Waals surface area contributed by atoms with Gasteiger partial charge in [-0.2, -0.15) is 5.10 Å². The van der Waals surface area contributed by atoms with Crippen molar-refractivity contribution in [3.05, 3.63) is 29.3 Å². The highest BCUT2D eigenvalue weighted by molar-refractivity contribution is 6.30. The maximum atomic E-state index is 12.6. The van der Waals surface area contributed by atoms with Gasteiger partial charge in [0.2, 0.25) is 5.91 Å². The third kappa shape index (κ3) is 5.10. The van der Waals surface area contributed by atoms with Crippen LogP contribution in [0.3, 0.4) is 0 Å². The minimum absolute atomic E-state index is 0.000127. The number of benzene rings is 1. The molecule has 4 aliphatic carbocycles. The van der Waals surface area contributed by atoms with Gasteiger partial charge in [0.1, 0.15) is 5.75 Å². The fourth-order valence-electron chi connectivity index (χ4n) is 5.75. The molecule has 4 bridgehead atoms. The van der Waals surface area contributed by atoms with Gasteiger partial charge in [0.15, 0.2) is 6.61 Å². The average Bonchev–Trinajstić information content (AvgIpc) is 2.64. The van der Waals surface area contributed by atoms with E-state index in [1.165, 1.54) is 19.3 Å². The van der Waals surface area contributed by atoms with Crippen LogP contribution in [0.1, 0.15) is 51.9 Å². The van der Waals surface area contributed by atoms with Crippen molar-refractivity contribution in [1.29, 1.82) is 0 Å². The SMILES string of the molecule is C/C(CC(=O)NC12CC3CC(CC(C3)C1)C2)=N\NC(=O)COc1ccc(Cl)cc1. The summed E-state index contributed by atoms with van der Waals surface area (Å²) >= 11 is 5.81. The van der Waals surface area contributed by atoms with Crippen molar-refractivity contribution in [3.8, 4) is 5.75 Å². The number of nitrogens with zero attached hydrogens (tertiary/aromatic N) is 1. The molecule has 7 heteroatoms. The zero-order valence-corrected chi connectivity index (χ0v) is 17.5. The number of hydrazone groups is 1. The normalized spacial score (nSPS) is 30.1. The third-order valence-electron chi connectivity index (χ3n) is 6.41. The van der Waals surface area contributed by atoms with Crippen LogP contribution in [-0.2, 0) is 9.59 Å². The number of hydrogen-bond acceptors (Lipinski definition) is 4. The second-order valence-electron chi connectivity index (χ2n) is 9.05. The lowest BCUT2D eigenvalue weighted by atomic mass is 9.53. The highest BCUT2D eigenvalue weighted by Gasteiger charge is 2.51. The first kappa shape index (κ1) is 20.2. The van der Waals surface area contributed by atoms with Crippen molar-refractivity contribution in [2.75, 3.05) is 6.61 Å². The summed E-state index contributed by atoms with van der Waals surface area (Å²) in [6.07, 6.45) is 7.61. The number of amides is 2. The van der Waals surface area contributed by atoms with Crippen LogP contribution in [0.2, 0.25) is 5.02 Å². The predicted octanol–water partition coefficient (Wildman–Crippen LogP) is 3.69. The lowest BCUT2D eigenvalue weighted by Crippen LogP contribution is -2.60. The molecule has 0 unspecified atom stereocenters. The van der Waals surface area contributed by atoms with Crippen LogP contribution in [0.5, 0.6) is 5.75 Å². The molecule has 2 amide bonds. The molecular formula is C22H28ClN3O3. The molecule has 6 nitrogen and oxygen atoms in total. The maximum absolute atomic E-state index is 12.6. The largest absolute Gasteiger partial charge is 0.484 e. The van der Waals surface area contributed by atoms with Crippen LogP contribution in [0.15, 0.2) is 29.4 Å². The molecule has 0 atom stereocenters. The molecular weight excluding hydrogens is 390 g/mol. The predicted molar refractivity (Wildman–Crippen MR) is 112 cm³/mol. The molecule has 4 fully saturated rings. The smallest absolute Gasteiger partial charge is 0.277 e. The summed E-state index contributed by atoms with van der Waals surface area (Å²) in [6.45, 7) is 1.59. The molecule has 1 aromatic carbocycles. The molecule has 0 spiro atoms. The Balaban J connectivity index is 1.22. The Morgan fingerprint density at radius 1 is 1.07 bits per heavy atom. The lowest BCUT2D eigenvalue weighted by Gasteiger charge is -2.56. The molecule has 1 aromatic rings. The van der Waals surface area contributed by atoms with E-state index in [4.69, 9.17) is 16.3 Å². The number of ether oxygens (including phenoxy) is 1. The van der Waals surface area contributed by atoms with E-state index >= 15 is 0 Å². The highest BCUT2D eigenvalue weighted by atomic mass is 35.5. The Labute approximate surface area is 176 Å². The van der Waals surface area contributed by atoms with Gasteiger partial charge < -0.3 is 10.1 Å². The van der Waals surface area contributed by atoms with E-state index in [1.54, 1.807) is 31.2 Å². The van der Waals surface area contributed by atoms with E-state index in [1.807, 2.05) is 0 Å². The molecule has 156 valence electrons. The molecule has 0 aliphatic heterocycles. The Hall–Kier alpha value is -2.08. The Morgan fingerprint density at radius 2 is 1.66 bits per heavy atom. The molecule has 2 N–H and O–H groups in total. The van der Waals surface area contributed by atoms with Gasteiger partial charge in [-0.1, -0.05) is 11.6 Å². The highest BCUT2D eigenvalue weighted by Crippen LogP contribution is 2.55. The third-order valence-corrected chi connectivity index (χ3v) is 6.67. The zero-order valence-electron chi connectivity index (χ0n) is 16.7. The molecule has 0 aromatic heterocycles. The first-order chi connectivity index (χ1) is 13.9. The first-order valence-corrected chi connectivity index (χ1v) is 10.8. The molecule has 0 radical (unpaired) electrons. The summed E-state index contributed by atoms with van der Waals surface area (Å²) in [5, 5.41) is 7.97. The Bertz CT molecular complexity index is 771. The van der Waals surface area contributed by atoms with Gasteiger partial charge in [-0.15, -0.1) is 0 Å². The number of carbonyl (C=O) groups excluding carboxylic acids is 2. The monoisotopic (exact) mass is 417 g/mol. The summed E-state index contributed by atoms with van der Waals surface area (Å²) in [6, 6.07) is 6.77. The van der Waals surface area contributed by atoms with Crippen LogP contribution < -0.4 is 15.5 Å². The van der Waals surface area contributed by atoms with Gasteiger partial charge in [0.25, 0.3) is 5.91 Å². The topological polar surface area (TPSA) is 79.8 Å². The number of rotatable bonds is 7. The minimum Gasteiger partial charge on any atom is -0.484 e. The molecule has 29 heavy (non-hydrogen) atoms. The fourth-order valence-corrected chi connectivity index (χ4v) is 5.87. The summed E-state index contributed by atoms with van der Waals surface area (Å²) in [5.74, 6) is 2.55. The van der Waals surface area contributed by atoms with Gasteiger partial charge in [0, 0.05) is 16.3 Å². The Morgan fingerprint density at radius 3 is 2.24 bits per heavy atom.